The van der Waals surface area contributed by atoms with Crippen LogP contribution in [0.5, 0.6) is 0 Å². The van der Waals surface area contributed by atoms with Gasteiger partial charge in [-0.2, -0.15) is 0 Å². The highest BCUT2D eigenvalue weighted by molar-refractivity contribution is 5.92. The molecule has 0 saturated carbocycles. The highest BCUT2D eigenvalue weighted by Gasteiger charge is 2.43. The molecular weight excluding hydrogens is 228 g/mol. The lowest BCUT2D eigenvalue weighted by Gasteiger charge is -2.22. The van der Waals surface area contributed by atoms with E-state index in [1.165, 1.54) is 11.2 Å². The van der Waals surface area contributed by atoms with Crippen molar-refractivity contribution in [1.82, 2.24) is 4.90 Å². The topological polar surface area (TPSA) is 102 Å². The maximum absolute atomic E-state index is 11.9. The van der Waals surface area contributed by atoms with E-state index in [4.69, 9.17) is 20.3 Å². The van der Waals surface area contributed by atoms with Crippen LogP contribution in [0.15, 0.2) is 12.0 Å². The average Bonchev–Trinajstić information content (AvgIpc) is 2.74. The molecule has 0 aromatic carbocycles. The zero-order chi connectivity index (χ0) is 12.5. The number of carbonyl (C=O) groups excluding carboxylic acids is 1. The van der Waals surface area contributed by atoms with Crippen molar-refractivity contribution < 1.29 is 24.2 Å². The van der Waals surface area contributed by atoms with Gasteiger partial charge < -0.3 is 25.2 Å². The van der Waals surface area contributed by atoms with Gasteiger partial charge in [0.05, 0.1) is 0 Å². The maximum Gasteiger partial charge on any atom is 0.325 e. The molecule has 17 heavy (non-hydrogen) atoms. The first-order valence-electron chi connectivity index (χ1n) is 5.29. The second kappa shape index (κ2) is 4.25. The zero-order valence-corrected chi connectivity index (χ0v) is 9.22. The van der Waals surface area contributed by atoms with Crippen molar-refractivity contribution in [2.75, 3.05) is 26.3 Å². The Labute approximate surface area is 97.8 Å². The Hall–Kier alpha value is -1.76. The van der Waals surface area contributed by atoms with Gasteiger partial charge in [-0.3, -0.25) is 9.59 Å². The number of nitrogens with two attached hydrogens (primary N) is 1. The van der Waals surface area contributed by atoms with Gasteiger partial charge in [0.25, 0.3) is 5.91 Å². The molecule has 1 unspecified atom stereocenters. The predicted molar refractivity (Wildman–Crippen MR) is 55.7 cm³/mol. The molecule has 94 valence electrons. The van der Waals surface area contributed by atoms with Crippen LogP contribution < -0.4 is 5.73 Å². The van der Waals surface area contributed by atoms with Crippen molar-refractivity contribution in [1.29, 1.82) is 0 Å². The Kier molecular flexibility index (Phi) is 2.93. The lowest BCUT2D eigenvalue weighted by atomic mass is 10.0. The summed E-state index contributed by atoms with van der Waals surface area (Å²) in [7, 11) is 0. The van der Waals surface area contributed by atoms with Crippen molar-refractivity contribution in [2.24, 2.45) is 5.73 Å². The molecule has 0 bridgehead atoms. The van der Waals surface area contributed by atoms with E-state index >= 15 is 0 Å². The second-order valence-electron chi connectivity index (χ2n) is 4.14. The summed E-state index contributed by atoms with van der Waals surface area (Å²) in [5.74, 6) is -1.37. The molecule has 0 aliphatic carbocycles. The fourth-order valence-electron chi connectivity index (χ4n) is 1.82. The third-order valence-electron chi connectivity index (χ3n) is 2.87. The van der Waals surface area contributed by atoms with E-state index in [-0.39, 0.29) is 24.6 Å². The Morgan fingerprint density at radius 1 is 1.47 bits per heavy atom. The Morgan fingerprint density at radius 3 is 2.76 bits per heavy atom. The van der Waals surface area contributed by atoms with E-state index in [0.717, 1.165) is 0 Å². The highest BCUT2D eigenvalue weighted by atomic mass is 16.6. The number of carboxylic acid groups (broad SMARTS) is 1. The van der Waals surface area contributed by atoms with Gasteiger partial charge in [-0.15, -0.1) is 0 Å². The van der Waals surface area contributed by atoms with Gasteiger partial charge in [0.2, 0.25) is 5.76 Å². The molecule has 1 atom stereocenters. The molecule has 2 aliphatic rings. The smallest absolute Gasteiger partial charge is 0.325 e. The van der Waals surface area contributed by atoms with Crippen molar-refractivity contribution in [3.63, 3.8) is 0 Å². The molecule has 1 fully saturated rings. The summed E-state index contributed by atoms with van der Waals surface area (Å²) in [6.07, 6.45) is 1.49. The first-order valence-corrected chi connectivity index (χ1v) is 5.29. The summed E-state index contributed by atoms with van der Waals surface area (Å²) < 4.78 is 10.1. The molecular formula is C10H14N2O5. The molecule has 0 aromatic rings. The summed E-state index contributed by atoms with van der Waals surface area (Å²) in [4.78, 5) is 24.2. The van der Waals surface area contributed by atoms with Crippen molar-refractivity contribution in [3.05, 3.63) is 12.0 Å². The Morgan fingerprint density at radius 2 is 2.24 bits per heavy atom. The largest absolute Gasteiger partial charge is 0.494 e. The molecule has 7 heteroatoms. The van der Waals surface area contributed by atoms with E-state index in [9.17, 15) is 9.59 Å². The summed E-state index contributed by atoms with van der Waals surface area (Å²) in [5, 5.41) is 8.95. The summed E-state index contributed by atoms with van der Waals surface area (Å²) in [5.41, 5.74) is 4.32. The summed E-state index contributed by atoms with van der Waals surface area (Å²) in [6, 6.07) is 0. The van der Waals surface area contributed by atoms with Gasteiger partial charge in [-0.25, -0.2) is 0 Å². The molecule has 1 amide bonds. The fourth-order valence-corrected chi connectivity index (χ4v) is 1.82. The number of likely N-dealkylation sites (tertiary alicyclic amines) is 1. The van der Waals surface area contributed by atoms with Crippen molar-refractivity contribution >= 4 is 11.9 Å². The fraction of sp³-hybridized carbons (Fsp3) is 0.600. The van der Waals surface area contributed by atoms with Crippen LogP contribution >= 0.6 is 0 Å². The molecule has 7 nitrogen and oxygen atoms in total. The standard InChI is InChI=1S/C10H14N2O5/c11-10(9(14)15)1-2-12(6-10)8(13)7-5-16-3-4-17-7/h5H,1-4,6,11H2,(H,14,15). The minimum Gasteiger partial charge on any atom is -0.494 e. The lowest BCUT2D eigenvalue weighted by Crippen LogP contribution is -2.50. The average molecular weight is 242 g/mol. The number of aliphatic carboxylic acids is 1. The number of carboxylic acids is 1. The highest BCUT2D eigenvalue weighted by Crippen LogP contribution is 2.21. The van der Waals surface area contributed by atoms with Crippen LogP contribution in [0.3, 0.4) is 0 Å². The minimum atomic E-state index is -1.36. The molecule has 0 aromatic heterocycles. The van der Waals surface area contributed by atoms with Crippen LogP contribution in [-0.4, -0.2) is 53.7 Å². The number of hydrogen-bond donors (Lipinski definition) is 2. The van der Waals surface area contributed by atoms with Crippen LogP contribution in [0.2, 0.25) is 0 Å². The molecule has 2 rings (SSSR count). The monoisotopic (exact) mass is 242 g/mol. The Bertz CT molecular complexity index is 381. The number of nitrogens with zero attached hydrogens (tertiary/aromatic N) is 1. The number of rotatable bonds is 2. The predicted octanol–water partition coefficient (Wildman–Crippen LogP) is -1.11. The SMILES string of the molecule is NC1(C(=O)O)CCN(C(=O)C2=COCCO2)C1. The van der Waals surface area contributed by atoms with Crippen LogP contribution in [0.4, 0.5) is 0 Å². The van der Waals surface area contributed by atoms with Crippen molar-refractivity contribution in [2.45, 2.75) is 12.0 Å². The van der Waals surface area contributed by atoms with Crippen LogP contribution in [0, 0.1) is 0 Å². The molecule has 0 radical (unpaired) electrons. The van der Waals surface area contributed by atoms with Gasteiger partial charge in [0.15, 0.2) is 0 Å². The zero-order valence-electron chi connectivity index (χ0n) is 9.22. The van der Waals surface area contributed by atoms with E-state index in [2.05, 4.69) is 0 Å². The summed E-state index contributed by atoms with van der Waals surface area (Å²) in [6.45, 7) is 1.02. The number of carbonyl (C=O) groups is 2. The lowest BCUT2D eigenvalue weighted by molar-refractivity contribution is -0.143. The van der Waals surface area contributed by atoms with E-state index < -0.39 is 11.5 Å². The minimum absolute atomic E-state index is 0.0120. The quantitative estimate of drug-likeness (QED) is 0.636. The van der Waals surface area contributed by atoms with E-state index in [1.807, 2.05) is 0 Å². The van der Waals surface area contributed by atoms with Gasteiger partial charge in [0, 0.05) is 13.1 Å². The molecule has 2 aliphatic heterocycles. The van der Waals surface area contributed by atoms with Gasteiger partial charge in [-0.1, -0.05) is 0 Å². The van der Waals surface area contributed by atoms with Crippen LogP contribution in [0.1, 0.15) is 6.42 Å². The van der Waals surface area contributed by atoms with Gasteiger partial charge in [-0.05, 0) is 6.42 Å². The number of ether oxygens (including phenoxy) is 2. The van der Waals surface area contributed by atoms with E-state index in [1.54, 1.807) is 0 Å². The molecule has 0 spiro atoms. The molecule has 1 saturated heterocycles. The second-order valence-corrected chi connectivity index (χ2v) is 4.14. The van der Waals surface area contributed by atoms with Crippen LogP contribution in [0.25, 0.3) is 0 Å². The first-order chi connectivity index (χ1) is 8.03. The third-order valence-corrected chi connectivity index (χ3v) is 2.87. The van der Waals surface area contributed by atoms with Gasteiger partial charge >= 0.3 is 5.97 Å². The molecule has 2 heterocycles. The van der Waals surface area contributed by atoms with Crippen molar-refractivity contribution in [3.8, 4) is 0 Å². The Balaban J connectivity index is 2.03. The normalized spacial score (nSPS) is 28.1. The number of amides is 1. The first kappa shape index (κ1) is 11.7. The van der Waals surface area contributed by atoms with E-state index in [0.29, 0.717) is 19.8 Å². The van der Waals surface area contributed by atoms with Gasteiger partial charge in [0.1, 0.15) is 25.0 Å². The maximum atomic E-state index is 11.9. The van der Waals surface area contributed by atoms with Crippen LogP contribution in [-0.2, 0) is 19.1 Å². The number of hydrogen-bond acceptors (Lipinski definition) is 5. The third kappa shape index (κ3) is 2.19. The summed E-state index contributed by atoms with van der Waals surface area (Å²) >= 11 is 0. The molecule has 3 N–H and O–H groups in total.